The van der Waals surface area contributed by atoms with Crippen LogP contribution in [0.3, 0.4) is 0 Å². The van der Waals surface area contributed by atoms with Crippen LogP contribution in [0.1, 0.15) is 52.5 Å². The minimum Gasteiger partial charge on any atom is -0.467 e. The minimum absolute atomic E-state index is 0.0542. The first-order valence-electron chi connectivity index (χ1n) is 10.3. The summed E-state index contributed by atoms with van der Waals surface area (Å²) in [6.07, 6.45) is 1.94. The Morgan fingerprint density at radius 3 is 2.46 bits per heavy atom. The number of benzene rings is 1. The first-order valence-corrected chi connectivity index (χ1v) is 13.2. The van der Waals surface area contributed by atoms with Crippen LogP contribution in [0.5, 0.6) is 0 Å². The predicted octanol–water partition coefficient (Wildman–Crippen LogP) is 4.93. The number of nitrogens with zero attached hydrogens (tertiary/aromatic N) is 1. The van der Waals surface area contributed by atoms with Gasteiger partial charge in [-0.15, -0.1) is 0 Å². The summed E-state index contributed by atoms with van der Waals surface area (Å²) in [4.78, 5) is 19.3. The van der Waals surface area contributed by atoms with E-state index in [0.29, 0.717) is 19.5 Å². The molecule has 1 aromatic carbocycles. The van der Waals surface area contributed by atoms with Crippen LogP contribution in [0.15, 0.2) is 30.3 Å². The number of carbonyl (C=O) groups is 1. The Morgan fingerprint density at radius 2 is 1.93 bits per heavy atom. The quantitative estimate of drug-likeness (QED) is 0.452. The molecule has 2 atom stereocenters. The van der Waals surface area contributed by atoms with Crippen LogP contribution in [-0.2, 0) is 25.3 Å². The summed E-state index contributed by atoms with van der Waals surface area (Å²) in [6.45, 7) is 14.5. The number of ether oxygens (including phenoxy) is 1. The Kier molecular flexibility index (Phi) is 7.48. The van der Waals surface area contributed by atoms with Gasteiger partial charge in [-0.2, -0.15) is 5.06 Å². The molecule has 0 bridgehead atoms. The lowest BCUT2D eigenvalue weighted by Crippen LogP contribution is -2.57. The van der Waals surface area contributed by atoms with Gasteiger partial charge in [0.15, 0.2) is 8.32 Å². The molecule has 0 amide bonds. The van der Waals surface area contributed by atoms with Gasteiger partial charge < -0.3 is 9.16 Å². The van der Waals surface area contributed by atoms with Crippen molar-refractivity contribution in [1.29, 1.82) is 0 Å². The zero-order valence-electron chi connectivity index (χ0n) is 18.6. The number of methoxy groups -OCH3 is 1. The van der Waals surface area contributed by atoms with Crippen molar-refractivity contribution in [2.24, 2.45) is 0 Å². The van der Waals surface area contributed by atoms with Crippen LogP contribution < -0.4 is 0 Å². The highest BCUT2D eigenvalue weighted by molar-refractivity contribution is 6.74. The smallest absolute Gasteiger partial charge is 0.343 e. The molecule has 158 valence electrons. The average Bonchev–Trinajstić information content (AvgIpc) is 3.05. The molecule has 0 radical (unpaired) electrons. The zero-order valence-corrected chi connectivity index (χ0v) is 19.6. The maximum atomic E-state index is 12.9. The maximum Gasteiger partial charge on any atom is 0.343 e. The van der Waals surface area contributed by atoms with Crippen LogP contribution in [0, 0.1) is 0 Å². The number of rotatable bonds is 8. The molecule has 5 nitrogen and oxygen atoms in total. The second-order valence-corrected chi connectivity index (χ2v) is 14.0. The van der Waals surface area contributed by atoms with Gasteiger partial charge in [0.25, 0.3) is 0 Å². The fraction of sp³-hybridized carbons (Fsp3) is 0.682. The summed E-state index contributed by atoms with van der Waals surface area (Å²) in [5.41, 5.74) is 0.0789. The number of hydroxylamine groups is 2. The SMILES string of the molecule is CCC[C@@H](O[Si](C)(C)C(C)(C)C)[C@@]1(C(=O)OC)CCN(Cc2ccccc2)O1. The molecule has 1 aliphatic heterocycles. The van der Waals surface area contributed by atoms with Crippen molar-refractivity contribution in [3.63, 3.8) is 0 Å². The van der Waals surface area contributed by atoms with Crippen molar-refractivity contribution < 1.29 is 18.8 Å². The van der Waals surface area contributed by atoms with E-state index >= 15 is 0 Å². The molecule has 1 saturated heterocycles. The molecule has 1 fully saturated rings. The lowest BCUT2D eigenvalue weighted by molar-refractivity contribution is -0.237. The summed E-state index contributed by atoms with van der Waals surface area (Å²) in [5, 5.41) is 1.93. The van der Waals surface area contributed by atoms with E-state index in [0.717, 1.165) is 18.4 Å². The lowest BCUT2D eigenvalue weighted by atomic mass is 9.90. The topological polar surface area (TPSA) is 48.0 Å². The van der Waals surface area contributed by atoms with Crippen molar-refractivity contribution in [1.82, 2.24) is 5.06 Å². The number of hydrogen-bond donors (Lipinski definition) is 0. The molecular weight excluding hydrogens is 370 g/mol. The van der Waals surface area contributed by atoms with Gasteiger partial charge in [-0.1, -0.05) is 64.4 Å². The summed E-state index contributed by atoms with van der Waals surface area (Å²) in [6, 6.07) is 10.2. The van der Waals surface area contributed by atoms with E-state index in [1.807, 2.05) is 23.3 Å². The molecule has 1 aromatic rings. The predicted molar refractivity (Wildman–Crippen MR) is 114 cm³/mol. The average molecular weight is 408 g/mol. The highest BCUT2D eigenvalue weighted by Gasteiger charge is 2.56. The van der Waals surface area contributed by atoms with Crippen molar-refractivity contribution in [2.45, 2.75) is 83.3 Å². The fourth-order valence-corrected chi connectivity index (χ4v) is 4.73. The largest absolute Gasteiger partial charge is 0.467 e. The first kappa shape index (κ1) is 23.1. The maximum absolute atomic E-state index is 12.9. The van der Waals surface area contributed by atoms with Gasteiger partial charge in [-0.25, -0.2) is 4.79 Å². The van der Waals surface area contributed by atoms with Crippen molar-refractivity contribution >= 4 is 14.3 Å². The Labute approximate surface area is 171 Å². The van der Waals surface area contributed by atoms with Crippen LogP contribution in [0.2, 0.25) is 18.1 Å². The molecule has 6 heteroatoms. The van der Waals surface area contributed by atoms with Gasteiger partial charge >= 0.3 is 5.97 Å². The first-order chi connectivity index (χ1) is 13.1. The lowest BCUT2D eigenvalue weighted by Gasteiger charge is -2.43. The van der Waals surface area contributed by atoms with Crippen molar-refractivity contribution in [3.05, 3.63) is 35.9 Å². The van der Waals surface area contributed by atoms with E-state index in [9.17, 15) is 4.79 Å². The minimum atomic E-state index is -2.08. The van der Waals surface area contributed by atoms with Gasteiger partial charge in [0.2, 0.25) is 5.60 Å². The second kappa shape index (κ2) is 9.07. The van der Waals surface area contributed by atoms with Crippen LogP contribution >= 0.6 is 0 Å². The molecular formula is C22H37NO4Si. The second-order valence-electron chi connectivity index (χ2n) is 9.23. The zero-order chi connectivity index (χ0) is 21.0. The fourth-order valence-electron chi connectivity index (χ4n) is 3.36. The van der Waals surface area contributed by atoms with Gasteiger partial charge in [0, 0.05) is 19.5 Å². The van der Waals surface area contributed by atoms with E-state index in [4.69, 9.17) is 14.0 Å². The number of esters is 1. The molecule has 0 spiro atoms. The highest BCUT2D eigenvalue weighted by Crippen LogP contribution is 2.42. The summed E-state index contributed by atoms with van der Waals surface area (Å²) < 4.78 is 11.9. The monoisotopic (exact) mass is 407 g/mol. The third kappa shape index (κ3) is 5.03. The van der Waals surface area contributed by atoms with Crippen molar-refractivity contribution in [2.75, 3.05) is 13.7 Å². The molecule has 28 heavy (non-hydrogen) atoms. The van der Waals surface area contributed by atoms with Gasteiger partial charge in [0.1, 0.15) is 0 Å². The Bertz CT molecular complexity index is 644. The molecule has 0 aliphatic carbocycles. The van der Waals surface area contributed by atoms with E-state index in [2.05, 4.69) is 52.9 Å². The highest BCUT2D eigenvalue weighted by atomic mass is 28.4. The molecule has 0 N–H and O–H groups in total. The molecule has 0 saturated carbocycles. The molecule has 0 aromatic heterocycles. The third-order valence-corrected chi connectivity index (χ3v) is 10.6. The summed E-state index contributed by atoms with van der Waals surface area (Å²) in [7, 11) is -0.648. The molecule has 2 rings (SSSR count). The molecule has 1 heterocycles. The van der Waals surface area contributed by atoms with Crippen LogP contribution in [0.4, 0.5) is 0 Å². The third-order valence-electron chi connectivity index (χ3n) is 6.07. The Morgan fingerprint density at radius 1 is 1.29 bits per heavy atom. The van der Waals surface area contributed by atoms with Gasteiger partial charge in [-0.3, -0.25) is 4.84 Å². The molecule has 0 unspecified atom stereocenters. The van der Waals surface area contributed by atoms with E-state index in [1.54, 1.807) is 0 Å². The van der Waals surface area contributed by atoms with Gasteiger partial charge in [-0.05, 0) is 30.1 Å². The van der Waals surface area contributed by atoms with E-state index in [-0.39, 0.29) is 17.1 Å². The van der Waals surface area contributed by atoms with Gasteiger partial charge in [0.05, 0.1) is 13.2 Å². The Hall–Kier alpha value is -1.21. The summed E-state index contributed by atoms with van der Waals surface area (Å²) in [5.74, 6) is -0.333. The molecule has 1 aliphatic rings. The Balaban J connectivity index is 2.28. The van der Waals surface area contributed by atoms with Crippen LogP contribution in [-0.4, -0.2) is 44.7 Å². The summed E-state index contributed by atoms with van der Waals surface area (Å²) >= 11 is 0. The standard InChI is InChI=1S/C22H37NO4Si/c1-8-12-19(26-28(6,7)21(2,3)4)22(20(24)25-5)15-16-23(27-22)17-18-13-10-9-11-14-18/h9-11,13-14,19H,8,12,15-17H2,1-7H3/t19-,22-/m1/s1. The number of hydrogen-bond acceptors (Lipinski definition) is 5. The van der Waals surface area contributed by atoms with E-state index in [1.165, 1.54) is 7.11 Å². The number of carbonyl (C=O) groups excluding carboxylic acids is 1. The van der Waals surface area contributed by atoms with Crippen LogP contribution in [0.25, 0.3) is 0 Å². The van der Waals surface area contributed by atoms with Crippen molar-refractivity contribution in [3.8, 4) is 0 Å². The normalized spacial score (nSPS) is 22.2. The van der Waals surface area contributed by atoms with E-state index < -0.39 is 13.9 Å².